The smallest absolute Gasteiger partial charge is 0.00390 e. The van der Waals surface area contributed by atoms with E-state index in [1.54, 1.807) is 0 Å². The van der Waals surface area contributed by atoms with Crippen molar-refractivity contribution in [2.24, 2.45) is 17.6 Å². The molecular weight excluding hydrogens is 194 g/mol. The van der Waals surface area contributed by atoms with E-state index in [4.69, 9.17) is 5.73 Å². The lowest BCUT2D eigenvalue weighted by Crippen LogP contribution is -2.28. The Morgan fingerprint density at radius 2 is 1.94 bits per heavy atom. The van der Waals surface area contributed by atoms with E-state index in [2.05, 4.69) is 45.6 Å². The van der Waals surface area contributed by atoms with Crippen LogP contribution in [0.15, 0.2) is 24.8 Å². The van der Waals surface area contributed by atoms with Crippen LogP contribution >= 0.6 is 0 Å². The maximum atomic E-state index is 6.05. The molecule has 0 saturated heterocycles. The van der Waals surface area contributed by atoms with Gasteiger partial charge in [-0.15, -0.1) is 6.58 Å². The van der Waals surface area contributed by atoms with Crippen molar-refractivity contribution >= 4 is 0 Å². The van der Waals surface area contributed by atoms with Gasteiger partial charge < -0.3 is 5.73 Å². The highest BCUT2D eigenvalue weighted by Crippen LogP contribution is 2.23. The summed E-state index contributed by atoms with van der Waals surface area (Å²) in [6.45, 7) is 10.4. The van der Waals surface area contributed by atoms with Gasteiger partial charge in [-0.1, -0.05) is 32.1 Å². The Bertz CT molecular complexity index is 194. The van der Waals surface area contributed by atoms with Crippen molar-refractivity contribution < 1.29 is 0 Å². The lowest BCUT2D eigenvalue weighted by atomic mass is 9.85. The molecule has 16 heavy (non-hydrogen) atoms. The predicted molar refractivity (Wildman–Crippen MR) is 74.4 cm³/mol. The summed E-state index contributed by atoms with van der Waals surface area (Å²) in [4.78, 5) is 0. The summed E-state index contributed by atoms with van der Waals surface area (Å²) in [6, 6.07) is 0.295. The highest BCUT2D eigenvalue weighted by atomic mass is 14.6. The molecular formula is C15H29N. The van der Waals surface area contributed by atoms with Crippen LogP contribution in [0.1, 0.15) is 52.9 Å². The van der Waals surface area contributed by atoms with E-state index in [-0.39, 0.29) is 0 Å². The minimum atomic E-state index is 0.295. The van der Waals surface area contributed by atoms with E-state index < -0.39 is 0 Å². The third-order valence-electron chi connectivity index (χ3n) is 3.31. The molecule has 0 amide bonds. The van der Waals surface area contributed by atoms with E-state index in [1.807, 2.05) is 0 Å². The van der Waals surface area contributed by atoms with Crippen molar-refractivity contribution in [3.63, 3.8) is 0 Å². The number of hydrogen-bond acceptors (Lipinski definition) is 1. The molecule has 94 valence electrons. The van der Waals surface area contributed by atoms with E-state index in [1.165, 1.54) is 19.3 Å². The maximum absolute atomic E-state index is 6.05. The highest BCUT2D eigenvalue weighted by Gasteiger charge is 2.16. The molecule has 1 nitrogen and oxygen atoms in total. The van der Waals surface area contributed by atoms with Gasteiger partial charge in [-0.25, -0.2) is 0 Å². The van der Waals surface area contributed by atoms with E-state index in [9.17, 15) is 0 Å². The van der Waals surface area contributed by atoms with Crippen LogP contribution in [0, 0.1) is 11.8 Å². The second-order valence-corrected chi connectivity index (χ2v) is 4.72. The van der Waals surface area contributed by atoms with Crippen LogP contribution < -0.4 is 5.73 Å². The molecule has 0 rings (SSSR count). The average Bonchev–Trinajstić information content (AvgIpc) is 2.28. The first-order chi connectivity index (χ1) is 7.65. The normalized spacial score (nSPS) is 17.2. The fourth-order valence-corrected chi connectivity index (χ4v) is 2.01. The molecule has 0 aliphatic heterocycles. The first kappa shape index (κ1) is 15.4. The average molecular weight is 223 g/mol. The lowest BCUT2D eigenvalue weighted by Gasteiger charge is -2.23. The Morgan fingerprint density at radius 1 is 1.25 bits per heavy atom. The summed E-state index contributed by atoms with van der Waals surface area (Å²) in [5, 5.41) is 0. The predicted octanol–water partition coefficient (Wildman–Crippen LogP) is 4.30. The standard InChI is InChI=1S/C15H29N/c1-5-8-9-10-11-15(13(4)16)12-14(6-2)7-3/h6,8-9,13-15H,2,5,7,10-12,16H2,1,3-4H3/b9-8-. The van der Waals surface area contributed by atoms with Crippen molar-refractivity contribution in [3.8, 4) is 0 Å². The molecule has 3 atom stereocenters. The minimum absolute atomic E-state index is 0.295. The Labute approximate surface area is 102 Å². The van der Waals surface area contributed by atoms with Gasteiger partial charge in [0.1, 0.15) is 0 Å². The third-order valence-corrected chi connectivity index (χ3v) is 3.31. The lowest BCUT2D eigenvalue weighted by molar-refractivity contribution is 0.342. The summed E-state index contributed by atoms with van der Waals surface area (Å²) in [7, 11) is 0. The molecule has 0 saturated carbocycles. The Hall–Kier alpha value is -0.560. The number of allylic oxidation sites excluding steroid dienone is 3. The Balaban J connectivity index is 4.06. The summed E-state index contributed by atoms with van der Waals surface area (Å²) < 4.78 is 0. The van der Waals surface area contributed by atoms with Gasteiger partial charge in [0, 0.05) is 6.04 Å². The molecule has 0 fully saturated rings. The van der Waals surface area contributed by atoms with E-state index in [0.29, 0.717) is 17.9 Å². The van der Waals surface area contributed by atoms with Gasteiger partial charge in [-0.3, -0.25) is 0 Å². The fraction of sp³-hybridized carbons (Fsp3) is 0.733. The molecule has 0 heterocycles. The molecule has 0 aromatic carbocycles. The van der Waals surface area contributed by atoms with Crippen molar-refractivity contribution in [1.29, 1.82) is 0 Å². The molecule has 0 aromatic rings. The maximum Gasteiger partial charge on any atom is 0.00390 e. The van der Waals surface area contributed by atoms with Crippen molar-refractivity contribution in [3.05, 3.63) is 24.8 Å². The zero-order valence-corrected chi connectivity index (χ0v) is 11.3. The largest absolute Gasteiger partial charge is 0.328 e. The highest BCUT2D eigenvalue weighted by molar-refractivity contribution is 4.86. The van der Waals surface area contributed by atoms with Gasteiger partial charge in [0.15, 0.2) is 0 Å². The minimum Gasteiger partial charge on any atom is -0.328 e. The molecule has 0 aromatic heterocycles. The van der Waals surface area contributed by atoms with Crippen LogP contribution in [0.3, 0.4) is 0 Å². The topological polar surface area (TPSA) is 26.0 Å². The third kappa shape index (κ3) is 6.84. The molecule has 1 heteroatoms. The van der Waals surface area contributed by atoms with Crippen LogP contribution in [0.4, 0.5) is 0 Å². The summed E-state index contributed by atoms with van der Waals surface area (Å²) in [5.74, 6) is 1.26. The summed E-state index contributed by atoms with van der Waals surface area (Å²) in [5.41, 5.74) is 6.05. The molecule has 0 radical (unpaired) electrons. The van der Waals surface area contributed by atoms with Crippen LogP contribution in [-0.4, -0.2) is 6.04 Å². The quantitative estimate of drug-likeness (QED) is 0.579. The second kappa shape index (κ2) is 9.65. The van der Waals surface area contributed by atoms with Crippen LogP contribution in [0.5, 0.6) is 0 Å². The molecule has 0 bridgehead atoms. The van der Waals surface area contributed by atoms with Crippen molar-refractivity contribution in [1.82, 2.24) is 0 Å². The second-order valence-electron chi connectivity index (χ2n) is 4.72. The first-order valence-electron chi connectivity index (χ1n) is 6.68. The summed E-state index contributed by atoms with van der Waals surface area (Å²) in [6.07, 6.45) is 12.5. The zero-order chi connectivity index (χ0) is 12.4. The zero-order valence-electron chi connectivity index (χ0n) is 11.3. The SMILES string of the molecule is C=CC(CC)CC(CC/C=C\CC)C(C)N. The van der Waals surface area contributed by atoms with Gasteiger partial charge >= 0.3 is 0 Å². The Kier molecular flexibility index (Phi) is 9.31. The van der Waals surface area contributed by atoms with Gasteiger partial charge in [0.05, 0.1) is 0 Å². The first-order valence-corrected chi connectivity index (χ1v) is 6.68. The number of hydrogen-bond donors (Lipinski definition) is 1. The molecule has 0 aliphatic carbocycles. The van der Waals surface area contributed by atoms with Crippen LogP contribution in [0.25, 0.3) is 0 Å². The number of nitrogens with two attached hydrogens (primary N) is 1. The molecule has 0 aliphatic rings. The van der Waals surface area contributed by atoms with Crippen LogP contribution in [-0.2, 0) is 0 Å². The molecule has 3 unspecified atom stereocenters. The molecule has 2 N–H and O–H groups in total. The van der Waals surface area contributed by atoms with Crippen molar-refractivity contribution in [2.75, 3.05) is 0 Å². The van der Waals surface area contributed by atoms with Gasteiger partial charge in [-0.05, 0) is 50.9 Å². The molecule has 0 spiro atoms. The van der Waals surface area contributed by atoms with E-state index in [0.717, 1.165) is 12.8 Å². The van der Waals surface area contributed by atoms with Gasteiger partial charge in [-0.2, -0.15) is 0 Å². The van der Waals surface area contributed by atoms with Gasteiger partial charge in [0.25, 0.3) is 0 Å². The monoisotopic (exact) mass is 223 g/mol. The summed E-state index contributed by atoms with van der Waals surface area (Å²) >= 11 is 0. The fourth-order valence-electron chi connectivity index (χ4n) is 2.01. The van der Waals surface area contributed by atoms with Crippen molar-refractivity contribution in [2.45, 2.75) is 58.9 Å². The number of rotatable bonds is 9. The van der Waals surface area contributed by atoms with E-state index >= 15 is 0 Å². The Morgan fingerprint density at radius 3 is 2.38 bits per heavy atom. The van der Waals surface area contributed by atoms with Gasteiger partial charge in [0.2, 0.25) is 0 Å². The van der Waals surface area contributed by atoms with Crippen LogP contribution in [0.2, 0.25) is 0 Å².